The largest absolute Gasteiger partial charge is 0.443 e. The molecule has 0 saturated heterocycles. The average molecular weight is 474 g/mol. The molecule has 11 heteroatoms. The molecule has 2 aliphatic rings. The van der Waals surface area contributed by atoms with Crippen LogP contribution in [-0.4, -0.2) is 42.1 Å². The maximum atomic E-state index is 12.3. The Kier molecular flexibility index (Phi) is 6.02. The monoisotopic (exact) mass is 473 g/mol. The van der Waals surface area contributed by atoms with Crippen molar-refractivity contribution in [2.45, 2.75) is 58.3 Å². The summed E-state index contributed by atoms with van der Waals surface area (Å²) in [6.07, 6.45) is 2.66. The third-order valence-electron chi connectivity index (χ3n) is 5.21. The molecule has 1 saturated carbocycles. The second kappa shape index (κ2) is 8.64. The Morgan fingerprint density at radius 3 is 2.55 bits per heavy atom. The lowest BCUT2D eigenvalue weighted by Crippen LogP contribution is -2.42. The molecule has 0 atom stereocenters. The fourth-order valence-corrected chi connectivity index (χ4v) is 4.24. The molecule has 176 valence electrons. The minimum atomic E-state index is -4.07. The standard InChI is InChI=1S/C22H27N5O5S/c1-22(2,3)32-21(29)26-33(30,31)24-12-14-4-6-15(7-5-14)17-10-11-23-19-18(17)13-27(16-8-9-16)20(28)25-19/h4-7,10-11,16,24H,8-9,12-13H2,1-3H3,(H,26,29)(H,23,25,28). The van der Waals surface area contributed by atoms with E-state index in [-0.39, 0.29) is 18.6 Å². The van der Waals surface area contributed by atoms with Gasteiger partial charge in [-0.15, -0.1) is 0 Å². The molecule has 0 unspecified atom stereocenters. The molecule has 1 aliphatic heterocycles. The smallest absolute Gasteiger partial charge is 0.422 e. The number of urea groups is 1. The highest BCUT2D eigenvalue weighted by atomic mass is 32.2. The van der Waals surface area contributed by atoms with Crippen LogP contribution in [0.1, 0.15) is 44.7 Å². The first kappa shape index (κ1) is 23.0. The summed E-state index contributed by atoms with van der Waals surface area (Å²) in [5.41, 5.74) is 2.76. The molecule has 1 aromatic carbocycles. The molecular weight excluding hydrogens is 446 g/mol. The number of hydrogen-bond acceptors (Lipinski definition) is 6. The Morgan fingerprint density at radius 1 is 1.21 bits per heavy atom. The van der Waals surface area contributed by atoms with Crippen molar-refractivity contribution in [3.05, 3.63) is 47.7 Å². The summed E-state index contributed by atoms with van der Waals surface area (Å²) in [4.78, 5) is 30.2. The van der Waals surface area contributed by atoms with Crippen molar-refractivity contribution in [2.75, 3.05) is 5.32 Å². The van der Waals surface area contributed by atoms with Crippen LogP contribution in [0.3, 0.4) is 0 Å². The second-order valence-electron chi connectivity index (χ2n) is 9.10. The van der Waals surface area contributed by atoms with Crippen molar-refractivity contribution >= 4 is 28.2 Å². The third kappa shape index (κ3) is 5.79. The lowest BCUT2D eigenvalue weighted by atomic mass is 9.98. The number of carbonyl (C=O) groups excluding carboxylic acids is 2. The number of anilines is 1. The topological polar surface area (TPSA) is 130 Å². The van der Waals surface area contributed by atoms with Crippen LogP contribution < -0.4 is 14.8 Å². The van der Waals surface area contributed by atoms with Gasteiger partial charge in [0.2, 0.25) is 0 Å². The van der Waals surface area contributed by atoms with Gasteiger partial charge >= 0.3 is 22.3 Å². The number of aromatic nitrogens is 1. The number of rotatable bonds is 6. The molecule has 33 heavy (non-hydrogen) atoms. The molecule has 2 aromatic rings. The minimum Gasteiger partial charge on any atom is -0.443 e. The Labute approximate surface area is 192 Å². The highest BCUT2D eigenvalue weighted by Gasteiger charge is 2.36. The zero-order chi connectivity index (χ0) is 23.8. The van der Waals surface area contributed by atoms with Crippen molar-refractivity contribution in [3.63, 3.8) is 0 Å². The number of fused-ring (bicyclic) bond motifs is 1. The Hall–Kier alpha value is -3.18. The van der Waals surface area contributed by atoms with Crippen molar-refractivity contribution in [1.82, 2.24) is 19.3 Å². The Balaban J connectivity index is 1.43. The van der Waals surface area contributed by atoms with E-state index in [9.17, 15) is 18.0 Å². The van der Waals surface area contributed by atoms with Crippen molar-refractivity contribution in [1.29, 1.82) is 0 Å². The summed E-state index contributed by atoms with van der Waals surface area (Å²) in [7, 11) is -4.07. The van der Waals surface area contributed by atoms with Crippen molar-refractivity contribution < 1.29 is 22.7 Å². The molecule has 1 fully saturated rings. The van der Waals surface area contributed by atoms with Gasteiger partial charge in [0.25, 0.3) is 0 Å². The fraction of sp³-hybridized carbons (Fsp3) is 0.409. The van der Waals surface area contributed by atoms with Crippen LogP contribution in [0.2, 0.25) is 0 Å². The SMILES string of the molecule is CC(C)(C)OC(=O)NS(=O)(=O)NCc1ccc(-c2ccnc3c2CN(C2CC2)C(=O)N3)cc1. The second-order valence-corrected chi connectivity index (χ2v) is 10.6. The molecule has 2 heterocycles. The summed E-state index contributed by atoms with van der Waals surface area (Å²) >= 11 is 0. The van der Waals surface area contributed by atoms with Crippen LogP contribution in [0.5, 0.6) is 0 Å². The molecule has 1 aromatic heterocycles. The first-order valence-electron chi connectivity index (χ1n) is 10.7. The molecule has 0 spiro atoms. The van der Waals surface area contributed by atoms with E-state index in [1.807, 2.05) is 27.8 Å². The van der Waals surface area contributed by atoms with Gasteiger partial charge in [-0.25, -0.2) is 19.3 Å². The number of carbonyl (C=O) groups is 2. The minimum absolute atomic E-state index is 0.00161. The van der Waals surface area contributed by atoms with Gasteiger partial charge in [-0.3, -0.25) is 5.32 Å². The maximum Gasteiger partial charge on any atom is 0.422 e. The number of amides is 3. The zero-order valence-corrected chi connectivity index (χ0v) is 19.5. The molecular formula is C22H27N5O5S. The highest BCUT2D eigenvalue weighted by Crippen LogP contribution is 2.36. The van der Waals surface area contributed by atoms with E-state index in [0.717, 1.165) is 29.5 Å². The first-order valence-corrected chi connectivity index (χ1v) is 12.1. The molecule has 3 amide bonds. The van der Waals surface area contributed by atoms with Crippen molar-refractivity contribution in [3.8, 4) is 11.1 Å². The van der Waals surface area contributed by atoms with Gasteiger partial charge in [0.15, 0.2) is 0 Å². The predicted octanol–water partition coefficient (Wildman–Crippen LogP) is 3.12. The van der Waals surface area contributed by atoms with Gasteiger partial charge in [0.1, 0.15) is 11.4 Å². The summed E-state index contributed by atoms with van der Waals surface area (Å²) < 4.78 is 33.3. The Bertz CT molecular complexity index is 1170. The first-order chi connectivity index (χ1) is 15.5. The number of nitrogens with zero attached hydrogens (tertiary/aromatic N) is 2. The van der Waals surface area contributed by atoms with Crippen LogP contribution in [0.25, 0.3) is 11.1 Å². The van der Waals surface area contributed by atoms with Gasteiger partial charge < -0.3 is 9.64 Å². The van der Waals surface area contributed by atoms with Crippen LogP contribution in [0.4, 0.5) is 15.4 Å². The van der Waals surface area contributed by atoms with E-state index in [4.69, 9.17) is 4.74 Å². The van der Waals surface area contributed by atoms with Gasteiger partial charge in [0, 0.05) is 24.3 Å². The quantitative estimate of drug-likeness (QED) is 0.591. The normalized spacial score (nSPS) is 16.1. The van der Waals surface area contributed by atoms with E-state index in [1.165, 1.54) is 0 Å². The molecule has 4 rings (SSSR count). The molecule has 1 aliphatic carbocycles. The van der Waals surface area contributed by atoms with Crippen LogP contribution in [-0.2, 0) is 28.0 Å². The molecule has 0 bridgehead atoms. The van der Waals surface area contributed by atoms with Crippen LogP contribution in [0, 0.1) is 0 Å². The van der Waals surface area contributed by atoms with E-state index < -0.39 is 21.9 Å². The van der Waals surface area contributed by atoms with Gasteiger partial charge in [-0.1, -0.05) is 24.3 Å². The number of pyridine rings is 1. The number of benzene rings is 1. The van der Waals surface area contributed by atoms with E-state index >= 15 is 0 Å². The lowest BCUT2D eigenvalue weighted by molar-refractivity contribution is 0.0569. The average Bonchev–Trinajstić information content (AvgIpc) is 3.55. The zero-order valence-electron chi connectivity index (χ0n) is 18.7. The lowest BCUT2D eigenvalue weighted by Gasteiger charge is -2.30. The summed E-state index contributed by atoms with van der Waals surface area (Å²) in [6.45, 7) is 5.44. The highest BCUT2D eigenvalue weighted by molar-refractivity contribution is 7.88. The summed E-state index contributed by atoms with van der Waals surface area (Å²) in [5.74, 6) is 0.569. The van der Waals surface area contributed by atoms with Gasteiger partial charge in [-0.2, -0.15) is 13.1 Å². The van der Waals surface area contributed by atoms with E-state index in [1.54, 1.807) is 39.1 Å². The third-order valence-corrected chi connectivity index (χ3v) is 6.17. The molecule has 10 nitrogen and oxygen atoms in total. The summed E-state index contributed by atoms with van der Waals surface area (Å²) in [6, 6.07) is 9.46. The predicted molar refractivity (Wildman–Crippen MR) is 122 cm³/mol. The number of ether oxygens (including phenoxy) is 1. The van der Waals surface area contributed by atoms with Crippen molar-refractivity contribution in [2.24, 2.45) is 0 Å². The summed E-state index contributed by atoms with van der Waals surface area (Å²) in [5, 5.41) is 2.87. The van der Waals surface area contributed by atoms with E-state index in [2.05, 4.69) is 15.0 Å². The number of hydrogen-bond donors (Lipinski definition) is 3. The molecule has 3 N–H and O–H groups in total. The van der Waals surface area contributed by atoms with E-state index in [0.29, 0.717) is 17.9 Å². The molecule has 0 radical (unpaired) electrons. The maximum absolute atomic E-state index is 12.3. The number of nitrogens with one attached hydrogen (secondary N) is 3. The fourth-order valence-electron chi connectivity index (χ4n) is 3.55. The van der Waals surface area contributed by atoms with Gasteiger partial charge in [0.05, 0.1) is 6.54 Å². The van der Waals surface area contributed by atoms with Crippen LogP contribution in [0.15, 0.2) is 36.5 Å². The van der Waals surface area contributed by atoms with Crippen LogP contribution >= 0.6 is 0 Å². The van der Waals surface area contributed by atoms with Gasteiger partial charge in [-0.05, 0) is 56.4 Å². The Morgan fingerprint density at radius 2 is 1.91 bits per heavy atom.